The minimum atomic E-state index is 0.0454. The molecule has 1 aromatic heterocycles. The summed E-state index contributed by atoms with van der Waals surface area (Å²) in [5, 5.41) is 4.21. The highest BCUT2D eigenvalue weighted by Crippen LogP contribution is 2.30. The van der Waals surface area contributed by atoms with Crippen LogP contribution in [0.4, 0.5) is 5.69 Å². The molecule has 1 aliphatic rings. The van der Waals surface area contributed by atoms with Crippen LogP contribution in [-0.4, -0.2) is 65.7 Å². The van der Waals surface area contributed by atoms with Crippen molar-refractivity contribution in [2.24, 2.45) is 0 Å². The number of nitrogens with zero attached hydrogens (tertiary/aromatic N) is 4. The van der Waals surface area contributed by atoms with Crippen molar-refractivity contribution in [3.05, 3.63) is 47.5 Å². The van der Waals surface area contributed by atoms with E-state index in [0.29, 0.717) is 29.6 Å². The number of benzene rings is 2. The number of nitrogens with two attached hydrogens (primary N) is 1. The summed E-state index contributed by atoms with van der Waals surface area (Å²) in [6.07, 6.45) is 2.49. The first-order valence-electron chi connectivity index (χ1n) is 11.7. The lowest BCUT2D eigenvalue weighted by atomic mass is 10.00. The molecule has 0 unspecified atom stereocenters. The average Bonchev–Trinajstić information content (AvgIpc) is 3.21. The summed E-state index contributed by atoms with van der Waals surface area (Å²) in [4.78, 5) is 20.6. The second kappa shape index (κ2) is 10.3. The van der Waals surface area contributed by atoms with Crippen molar-refractivity contribution in [1.29, 1.82) is 0 Å². The molecule has 0 spiro atoms. The summed E-state index contributed by atoms with van der Waals surface area (Å²) in [5.74, 6) is 1.78. The van der Waals surface area contributed by atoms with Gasteiger partial charge in [0.25, 0.3) is 5.89 Å². The third-order valence-corrected chi connectivity index (χ3v) is 6.05. The molecule has 3 aromatic rings. The van der Waals surface area contributed by atoms with Crippen molar-refractivity contribution in [3.63, 3.8) is 0 Å². The Morgan fingerprint density at radius 1 is 1.12 bits per heavy atom. The van der Waals surface area contributed by atoms with E-state index in [0.717, 1.165) is 43.6 Å². The number of rotatable bonds is 7. The van der Waals surface area contributed by atoms with Gasteiger partial charge in [0.05, 0.1) is 11.8 Å². The zero-order valence-corrected chi connectivity index (χ0v) is 20.4. The maximum atomic E-state index is 11.9. The Hall–Kier alpha value is -3.39. The molecule has 8 nitrogen and oxygen atoms in total. The van der Waals surface area contributed by atoms with Crippen molar-refractivity contribution in [2.75, 3.05) is 39.5 Å². The van der Waals surface area contributed by atoms with E-state index < -0.39 is 0 Å². The van der Waals surface area contributed by atoms with E-state index in [1.54, 1.807) is 25.1 Å². The molecule has 1 aliphatic heterocycles. The van der Waals surface area contributed by atoms with Gasteiger partial charge in [-0.3, -0.25) is 4.79 Å². The van der Waals surface area contributed by atoms with Gasteiger partial charge in [0.15, 0.2) is 0 Å². The van der Waals surface area contributed by atoms with Crippen LogP contribution in [0.5, 0.6) is 5.75 Å². The number of nitrogen functional groups attached to an aromatic ring is 1. The first-order valence-corrected chi connectivity index (χ1v) is 11.7. The first kappa shape index (κ1) is 23.8. The van der Waals surface area contributed by atoms with Gasteiger partial charge in [-0.15, -0.1) is 0 Å². The van der Waals surface area contributed by atoms with E-state index in [1.165, 1.54) is 11.1 Å². The Labute approximate surface area is 200 Å². The molecule has 180 valence electrons. The molecule has 0 radical (unpaired) electrons. The lowest BCUT2D eigenvalue weighted by Gasteiger charge is -2.20. The molecule has 2 heterocycles. The summed E-state index contributed by atoms with van der Waals surface area (Å²) >= 11 is 0. The van der Waals surface area contributed by atoms with Crippen LogP contribution in [0.15, 0.2) is 40.9 Å². The number of carbonyl (C=O) groups is 1. The fourth-order valence-corrected chi connectivity index (χ4v) is 4.11. The van der Waals surface area contributed by atoms with Gasteiger partial charge >= 0.3 is 0 Å². The van der Waals surface area contributed by atoms with Crippen LogP contribution < -0.4 is 10.5 Å². The smallest absolute Gasteiger partial charge is 0.258 e. The minimum Gasteiger partial charge on any atom is -0.489 e. The van der Waals surface area contributed by atoms with Crippen LogP contribution in [0.1, 0.15) is 31.4 Å². The number of hydrogen-bond donors (Lipinski definition) is 1. The van der Waals surface area contributed by atoms with Gasteiger partial charge in [-0.05, 0) is 62.1 Å². The third-order valence-electron chi connectivity index (χ3n) is 6.05. The topological polar surface area (TPSA) is 97.7 Å². The van der Waals surface area contributed by atoms with Crippen LogP contribution in [-0.2, 0) is 17.6 Å². The Morgan fingerprint density at radius 2 is 1.85 bits per heavy atom. The van der Waals surface area contributed by atoms with Crippen molar-refractivity contribution in [3.8, 4) is 28.6 Å². The first-order chi connectivity index (χ1) is 16.3. The highest BCUT2D eigenvalue weighted by molar-refractivity contribution is 5.75. The molecule has 2 aromatic carbocycles. The largest absolute Gasteiger partial charge is 0.489 e. The molecule has 0 fully saturated rings. The molecule has 4 rings (SSSR count). The molecule has 0 aliphatic carbocycles. The number of anilines is 1. The van der Waals surface area contributed by atoms with E-state index in [-0.39, 0.29) is 12.0 Å². The number of fused-ring (bicyclic) bond motifs is 1. The normalized spacial score (nSPS) is 14.0. The number of aromatic nitrogens is 2. The van der Waals surface area contributed by atoms with E-state index in [9.17, 15) is 4.79 Å². The molecular formula is C26H33N5O3. The molecular weight excluding hydrogens is 430 g/mol. The second-order valence-electron chi connectivity index (χ2n) is 9.21. The standard InChI is InChI=1S/C26H33N5O3/c1-17(2)33-23-8-7-21(16-22(23)27)26-28-25(29-34-26)20-6-5-18-9-12-31(13-10-19(18)15-20)14-11-24(32)30(3)4/h5-8,15-17H,9-14,27H2,1-4H3. The zero-order chi connectivity index (χ0) is 24.2. The summed E-state index contributed by atoms with van der Waals surface area (Å²) in [7, 11) is 3.60. The number of amides is 1. The monoisotopic (exact) mass is 463 g/mol. The Bertz CT molecular complexity index is 1160. The van der Waals surface area contributed by atoms with Crippen LogP contribution in [0.3, 0.4) is 0 Å². The van der Waals surface area contributed by atoms with Crippen LogP contribution in [0.25, 0.3) is 22.8 Å². The number of hydrogen-bond acceptors (Lipinski definition) is 7. The van der Waals surface area contributed by atoms with Crippen molar-refractivity contribution in [2.45, 2.75) is 39.2 Å². The van der Waals surface area contributed by atoms with Gasteiger partial charge < -0.3 is 24.8 Å². The van der Waals surface area contributed by atoms with Crippen molar-refractivity contribution < 1.29 is 14.1 Å². The predicted octanol–water partition coefficient (Wildman–Crippen LogP) is 3.65. The minimum absolute atomic E-state index is 0.0454. The average molecular weight is 464 g/mol. The van der Waals surface area contributed by atoms with E-state index in [4.69, 9.17) is 15.0 Å². The van der Waals surface area contributed by atoms with E-state index >= 15 is 0 Å². The van der Waals surface area contributed by atoms with Crippen LogP contribution in [0.2, 0.25) is 0 Å². The van der Waals surface area contributed by atoms with Crippen molar-refractivity contribution in [1.82, 2.24) is 19.9 Å². The summed E-state index contributed by atoms with van der Waals surface area (Å²) in [6.45, 7) is 6.59. The molecule has 2 N–H and O–H groups in total. The summed E-state index contributed by atoms with van der Waals surface area (Å²) < 4.78 is 11.2. The maximum Gasteiger partial charge on any atom is 0.258 e. The van der Waals surface area contributed by atoms with Crippen LogP contribution >= 0.6 is 0 Å². The van der Waals surface area contributed by atoms with Gasteiger partial charge in [-0.25, -0.2) is 0 Å². The van der Waals surface area contributed by atoms with E-state index in [1.807, 2.05) is 32.0 Å². The maximum absolute atomic E-state index is 11.9. The molecule has 34 heavy (non-hydrogen) atoms. The SMILES string of the molecule is CC(C)Oc1ccc(-c2nc(-c3ccc4c(c3)CCN(CCC(=O)N(C)C)CC4)no2)cc1N. The predicted molar refractivity (Wildman–Crippen MR) is 133 cm³/mol. The fraction of sp³-hybridized carbons (Fsp3) is 0.423. The second-order valence-corrected chi connectivity index (χ2v) is 9.21. The summed E-state index contributed by atoms with van der Waals surface area (Å²) in [6, 6.07) is 11.9. The Balaban J connectivity index is 1.46. The Kier molecular flexibility index (Phi) is 7.17. The fourth-order valence-electron chi connectivity index (χ4n) is 4.11. The van der Waals surface area contributed by atoms with E-state index in [2.05, 4.69) is 27.2 Å². The Morgan fingerprint density at radius 3 is 2.56 bits per heavy atom. The van der Waals surface area contributed by atoms with Gasteiger partial charge in [0, 0.05) is 51.3 Å². The number of carbonyl (C=O) groups excluding carboxylic acids is 1. The molecule has 0 saturated heterocycles. The molecule has 0 bridgehead atoms. The summed E-state index contributed by atoms with van der Waals surface area (Å²) in [5.41, 5.74) is 11.0. The highest BCUT2D eigenvalue weighted by Gasteiger charge is 2.18. The third kappa shape index (κ3) is 5.56. The van der Waals surface area contributed by atoms with Gasteiger partial charge in [0.1, 0.15) is 5.75 Å². The lowest BCUT2D eigenvalue weighted by Crippen LogP contribution is -2.32. The molecule has 8 heteroatoms. The van der Waals surface area contributed by atoms with Gasteiger partial charge in [-0.2, -0.15) is 4.98 Å². The molecule has 0 saturated carbocycles. The lowest BCUT2D eigenvalue weighted by molar-refractivity contribution is -0.129. The van der Waals surface area contributed by atoms with Gasteiger partial charge in [0.2, 0.25) is 11.7 Å². The van der Waals surface area contributed by atoms with Crippen molar-refractivity contribution >= 4 is 11.6 Å². The molecule has 1 amide bonds. The van der Waals surface area contributed by atoms with Crippen LogP contribution in [0, 0.1) is 0 Å². The molecule has 0 atom stereocenters. The highest BCUT2D eigenvalue weighted by atomic mass is 16.5. The quantitative estimate of drug-likeness (QED) is 0.534. The zero-order valence-electron chi connectivity index (χ0n) is 20.4. The number of ether oxygens (including phenoxy) is 1. The van der Waals surface area contributed by atoms with Gasteiger partial charge in [-0.1, -0.05) is 17.3 Å².